The molecule has 1 atom stereocenters. The number of anilines is 1. The molecule has 6 heteroatoms. The van der Waals surface area contributed by atoms with Crippen LogP contribution >= 0.6 is 0 Å². The van der Waals surface area contributed by atoms with Gasteiger partial charge in [0.25, 0.3) is 5.91 Å². The van der Waals surface area contributed by atoms with Crippen LogP contribution in [0.1, 0.15) is 39.5 Å². The Morgan fingerprint density at radius 1 is 1.00 bits per heavy atom. The van der Waals surface area contributed by atoms with Gasteiger partial charge >= 0.3 is 6.03 Å². The van der Waals surface area contributed by atoms with Crippen LogP contribution in [0.5, 0.6) is 0 Å². The van der Waals surface area contributed by atoms with Crippen LogP contribution in [0.4, 0.5) is 14.9 Å². The van der Waals surface area contributed by atoms with E-state index in [1.807, 2.05) is 33.8 Å². The summed E-state index contributed by atoms with van der Waals surface area (Å²) in [7, 11) is 0. The molecule has 0 radical (unpaired) electrons. The smallest absolute Gasteiger partial charge is 0.292 e. The molecule has 5 nitrogen and oxygen atoms in total. The summed E-state index contributed by atoms with van der Waals surface area (Å²) in [6, 6.07) is 5.83. The molecule has 1 saturated heterocycles. The molecule has 146 valence electrons. The van der Waals surface area contributed by atoms with Gasteiger partial charge in [-0.1, -0.05) is 0 Å². The zero-order valence-corrected chi connectivity index (χ0v) is 16.7. The van der Waals surface area contributed by atoms with E-state index in [9.17, 15) is 18.8 Å². The molecule has 1 aliphatic heterocycles. The average molecular weight is 382 g/mol. The fourth-order valence-electron chi connectivity index (χ4n) is 3.54. The summed E-state index contributed by atoms with van der Waals surface area (Å²) in [5.74, 6) is -1.15. The number of benzene rings is 2. The SMILES string of the molecule is Cc1cc(C(=O)CN2C(=O)C(C)N(c3ccc(F)cc3)C2=O)c(C)c(C)c1C. The summed E-state index contributed by atoms with van der Waals surface area (Å²) >= 11 is 0. The summed E-state index contributed by atoms with van der Waals surface area (Å²) in [5, 5.41) is 0. The van der Waals surface area contributed by atoms with Crippen LogP contribution < -0.4 is 4.90 Å². The Bertz CT molecular complexity index is 982. The van der Waals surface area contributed by atoms with Gasteiger partial charge in [-0.15, -0.1) is 0 Å². The molecule has 1 fully saturated rings. The molecule has 3 amide bonds. The first-order chi connectivity index (χ1) is 13.1. The summed E-state index contributed by atoms with van der Waals surface area (Å²) in [6.45, 7) is 9.04. The molecular weight excluding hydrogens is 359 g/mol. The van der Waals surface area contributed by atoms with Crippen molar-refractivity contribution in [3.63, 3.8) is 0 Å². The number of halogens is 1. The van der Waals surface area contributed by atoms with Crippen molar-refractivity contribution in [3.05, 3.63) is 64.0 Å². The predicted molar refractivity (Wildman–Crippen MR) is 105 cm³/mol. The van der Waals surface area contributed by atoms with Crippen LogP contribution in [0.25, 0.3) is 0 Å². The van der Waals surface area contributed by atoms with E-state index in [0.717, 1.165) is 27.2 Å². The standard InChI is InChI=1S/C22H23FN2O3/c1-12-10-19(15(4)14(3)13(12)2)20(26)11-24-21(27)16(5)25(22(24)28)18-8-6-17(23)7-9-18/h6-10,16H,11H2,1-5H3. The molecule has 0 spiro atoms. The van der Waals surface area contributed by atoms with Crippen LogP contribution in [0.2, 0.25) is 0 Å². The number of rotatable bonds is 4. The Labute approximate surface area is 163 Å². The number of ketones is 1. The predicted octanol–water partition coefficient (Wildman–Crippen LogP) is 4.10. The van der Waals surface area contributed by atoms with Crippen molar-refractivity contribution < 1.29 is 18.8 Å². The fourth-order valence-corrected chi connectivity index (χ4v) is 3.54. The van der Waals surface area contributed by atoms with Gasteiger partial charge in [0.05, 0.1) is 6.54 Å². The van der Waals surface area contributed by atoms with Gasteiger partial charge in [0.2, 0.25) is 0 Å². The Hall–Kier alpha value is -3.02. The second-order valence-electron chi connectivity index (χ2n) is 7.27. The fraction of sp³-hybridized carbons (Fsp3) is 0.318. The van der Waals surface area contributed by atoms with Crippen molar-refractivity contribution in [1.29, 1.82) is 0 Å². The maximum absolute atomic E-state index is 13.2. The number of aryl methyl sites for hydroxylation is 1. The van der Waals surface area contributed by atoms with Gasteiger partial charge in [-0.25, -0.2) is 9.18 Å². The molecular formula is C22H23FN2O3. The molecule has 1 unspecified atom stereocenters. The third-order valence-electron chi connectivity index (χ3n) is 5.64. The molecule has 0 N–H and O–H groups in total. The average Bonchev–Trinajstić information content (AvgIpc) is 2.87. The van der Waals surface area contributed by atoms with Crippen LogP contribution in [0.15, 0.2) is 30.3 Å². The summed E-state index contributed by atoms with van der Waals surface area (Å²) in [4.78, 5) is 40.6. The molecule has 1 aliphatic rings. The normalized spacial score (nSPS) is 16.9. The number of urea groups is 1. The number of carbonyl (C=O) groups excluding carboxylic acids is 3. The largest absolute Gasteiger partial charge is 0.332 e. The molecule has 2 aromatic rings. The number of Topliss-reactive ketones (excluding diaryl/α,β-unsaturated/α-hetero) is 1. The minimum absolute atomic E-state index is 0.279. The maximum Gasteiger partial charge on any atom is 0.332 e. The van der Waals surface area contributed by atoms with E-state index in [2.05, 4.69) is 0 Å². The summed E-state index contributed by atoms with van der Waals surface area (Å²) < 4.78 is 13.2. The van der Waals surface area contributed by atoms with Gasteiger partial charge < -0.3 is 0 Å². The lowest BCUT2D eigenvalue weighted by atomic mass is 9.92. The summed E-state index contributed by atoms with van der Waals surface area (Å²) in [6.07, 6.45) is 0. The lowest BCUT2D eigenvalue weighted by molar-refractivity contribution is -0.126. The van der Waals surface area contributed by atoms with E-state index < -0.39 is 23.8 Å². The number of amides is 3. The monoisotopic (exact) mass is 382 g/mol. The molecule has 1 heterocycles. The minimum atomic E-state index is -0.756. The van der Waals surface area contributed by atoms with Crippen molar-refractivity contribution in [2.45, 2.75) is 40.7 Å². The molecule has 2 aromatic carbocycles. The first-order valence-electron chi connectivity index (χ1n) is 9.14. The number of carbonyl (C=O) groups is 3. The van der Waals surface area contributed by atoms with E-state index >= 15 is 0 Å². The maximum atomic E-state index is 13.2. The number of imide groups is 1. The number of hydrogen-bond donors (Lipinski definition) is 0. The second kappa shape index (κ2) is 7.19. The van der Waals surface area contributed by atoms with Gasteiger partial charge in [0, 0.05) is 11.3 Å². The van der Waals surface area contributed by atoms with Crippen LogP contribution in [-0.4, -0.2) is 35.2 Å². The molecule has 0 saturated carbocycles. The highest BCUT2D eigenvalue weighted by Gasteiger charge is 2.44. The van der Waals surface area contributed by atoms with Gasteiger partial charge in [0.15, 0.2) is 5.78 Å². The number of nitrogens with zero attached hydrogens (tertiary/aromatic N) is 2. The lowest BCUT2D eigenvalue weighted by Gasteiger charge is -2.19. The van der Waals surface area contributed by atoms with Gasteiger partial charge in [-0.3, -0.25) is 19.4 Å². The third-order valence-corrected chi connectivity index (χ3v) is 5.64. The Kier molecular flexibility index (Phi) is 5.06. The Morgan fingerprint density at radius 3 is 2.21 bits per heavy atom. The van der Waals surface area contributed by atoms with E-state index in [1.54, 1.807) is 6.92 Å². The first kappa shape index (κ1) is 19.7. The van der Waals surface area contributed by atoms with Crippen LogP contribution in [-0.2, 0) is 4.79 Å². The van der Waals surface area contributed by atoms with E-state index in [0.29, 0.717) is 11.3 Å². The van der Waals surface area contributed by atoms with Crippen molar-refractivity contribution in [1.82, 2.24) is 4.90 Å². The Balaban J connectivity index is 1.89. The minimum Gasteiger partial charge on any atom is -0.292 e. The number of hydrogen-bond acceptors (Lipinski definition) is 3. The summed E-state index contributed by atoms with van der Waals surface area (Å²) in [5.41, 5.74) is 4.94. The van der Waals surface area contributed by atoms with Crippen molar-refractivity contribution in [3.8, 4) is 0 Å². The molecule has 3 rings (SSSR count). The highest BCUT2D eigenvalue weighted by atomic mass is 19.1. The van der Waals surface area contributed by atoms with Gasteiger partial charge in [-0.05, 0) is 87.2 Å². The molecule has 0 aromatic heterocycles. The third kappa shape index (κ3) is 3.19. The van der Waals surface area contributed by atoms with Crippen LogP contribution in [0, 0.1) is 33.5 Å². The van der Waals surface area contributed by atoms with Crippen molar-refractivity contribution >= 4 is 23.4 Å². The van der Waals surface area contributed by atoms with Crippen molar-refractivity contribution in [2.24, 2.45) is 0 Å². The van der Waals surface area contributed by atoms with Crippen molar-refractivity contribution in [2.75, 3.05) is 11.4 Å². The van der Waals surface area contributed by atoms with E-state index in [1.165, 1.54) is 29.2 Å². The second-order valence-corrected chi connectivity index (χ2v) is 7.27. The molecule has 0 bridgehead atoms. The first-order valence-corrected chi connectivity index (χ1v) is 9.14. The molecule has 0 aliphatic carbocycles. The highest BCUT2D eigenvalue weighted by molar-refractivity contribution is 6.16. The molecule has 28 heavy (non-hydrogen) atoms. The zero-order valence-electron chi connectivity index (χ0n) is 16.7. The highest BCUT2D eigenvalue weighted by Crippen LogP contribution is 2.27. The van der Waals surface area contributed by atoms with Crippen LogP contribution in [0.3, 0.4) is 0 Å². The topological polar surface area (TPSA) is 57.7 Å². The van der Waals surface area contributed by atoms with E-state index in [-0.39, 0.29) is 12.3 Å². The van der Waals surface area contributed by atoms with Gasteiger partial charge in [0.1, 0.15) is 11.9 Å². The van der Waals surface area contributed by atoms with E-state index in [4.69, 9.17) is 0 Å². The lowest BCUT2D eigenvalue weighted by Crippen LogP contribution is -2.37. The van der Waals surface area contributed by atoms with Gasteiger partial charge in [-0.2, -0.15) is 0 Å². The Morgan fingerprint density at radius 2 is 1.61 bits per heavy atom. The zero-order chi connectivity index (χ0) is 20.7. The quantitative estimate of drug-likeness (QED) is 0.591.